The number of benzene rings is 1. The number of pyridine rings is 2. The highest BCUT2D eigenvalue weighted by Gasteiger charge is 2.20. The number of hydrogen-bond donors (Lipinski definition) is 1. The number of nitrogens with one attached hydrogen (secondary N) is 1. The normalized spacial score (nSPS) is 15.9. The molecule has 41 heavy (non-hydrogen) atoms. The molecule has 4 heterocycles. The van der Waals surface area contributed by atoms with Crippen molar-refractivity contribution >= 4 is 23.2 Å². The maximum Gasteiger partial charge on any atom is 0.274 e. The minimum absolute atomic E-state index is 0.0174. The lowest BCUT2D eigenvalue weighted by atomic mass is 10.0. The van der Waals surface area contributed by atoms with Crippen LogP contribution in [0.5, 0.6) is 0 Å². The van der Waals surface area contributed by atoms with Gasteiger partial charge in [-0.15, -0.1) is 0 Å². The Kier molecular flexibility index (Phi) is 9.59. The zero-order valence-corrected chi connectivity index (χ0v) is 24.1. The van der Waals surface area contributed by atoms with Crippen LogP contribution in [0.15, 0.2) is 54.7 Å². The number of carbonyl (C=O) groups is 2. The van der Waals surface area contributed by atoms with Gasteiger partial charge in [-0.2, -0.15) is 0 Å². The molecule has 5 rings (SSSR count). The third-order valence-corrected chi connectivity index (χ3v) is 7.81. The number of amides is 2. The molecule has 0 saturated carbocycles. The van der Waals surface area contributed by atoms with Crippen molar-refractivity contribution in [2.75, 3.05) is 63.2 Å². The van der Waals surface area contributed by atoms with Gasteiger partial charge in [0.1, 0.15) is 5.69 Å². The van der Waals surface area contributed by atoms with Crippen LogP contribution in [0.4, 0.5) is 11.4 Å². The van der Waals surface area contributed by atoms with Crippen LogP contribution >= 0.6 is 0 Å². The second-order valence-corrected chi connectivity index (χ2v) is 10.8. The summed E-state index contributed by atoms with van der Waals surface area (Å²) < 4.78 is 5.37. The van der Waals surface area contributed by atoms with Crippen LogP contribution in [0.1, 0.15) is 47.9 Å². The lowest BCUT2D eigenvalue weighted by molar-refractivity contribution is -0.132. The van der Waals surface area contributed by atoms with Gasteiger partial charge in [-0.1, -0.05) is 13.0 Å². The Morgan fingerprint density at radius 2 is 1.80 bits per heavy atom. The quantitative estimate of drug-likeness (QED) is 0.422. The lowest BCUT2D eigenvalue weighted by Crippen LogP contribution is -2.43. The molecule has 2 amide bonds. The first-order valence-corrected chi connectivity index (χ1v) is 14.7. The third kappa shape index (κ3) is 7.48. The van der Waals surface area contributed by atoms with Crippen LogP contribution < -0.4 is 10.2 Å². The van der Waals surface area contributed by atoms with E-state index in [4.69, 9.17) is 4.74 Å². The number of hydrogen-bond acceptors (Lipinski definition) is 7. The summed E-state index contributed by atoms with van der Waals surface area (Å²) in [5.74, 6) is -0.281. The minimum Gasteiger partial charge on any atom is -0.379 e. The van der Waals surface area contributed by atoms with Gasteiger partial charge in [-0.25, -0.2) is 4.98 Å². The molecule has 1 aromatic carbocycles. The van der Waals surface area contributed by atoms with Crippen molar-refractivity contribution in [3.8, 4) is 11.3 Å². The van der Waals surface area contributed by atoms with Gasteiger partial charge in [0, 0.05) is 50.7 Å². The van der Waals surface area contributed by atoms with E-state index in [1.807, 2.05) is 30.5 Å². The van der Waals surface area contributed by atoms with Crippen molar-refractivity contribution in [3.05, 3.63) is 71.7 Å². The van der Waals surface area contributed by atoms with Gasteiger partial charge < -0.3 is 19.9 Å². The molecule has 9 heteroatoms. The Labute approximate surface area is 242 Å². The highest BCUT2D eigenvalue weighted by molar-refractivity contribution is 6.05. The molecule has 3 aromatic rings. The molecule has 0 spiro atoms. The van der Waals surface area contributed by atoms with Gasteiger partial charge >= 0.3 is 0 Å². The van der Waals surface area contributed by atoms with Gasteiger partial charge in [-0.3, -0.25) is 19.5 Å². The number of carbonyl (C=O) groups excluding carboxylic acids is 2. The summed E-state index contributed by atoms with van der Waals surface area (Å²) in [6.07, 6.45) is 6.38. The summed E-state index contributed by atoms with van der Waals surface area (Å²) in [4.78, 5) is 41.6. The van der Waals surface area contributed by atoms with E-state index in [0.29, 0.717) is 43.4 Å². The average Bonchev–Trinajstić information content (AvgIpc) is 3.02. The summed E-state index contributed by atoms with van der Waals surface area (Å²) in [5, 5.41) is 3.09. The fourth-order valence-corrected chi connectivity index (χ4v) is 5.33. The SMILES string of the molecule is CCc1ccnc(-c2cc(N3CCCCC3)ccc2NC(=O)c2cccc(CN(C)C(=O)CN3CCOCC3)n2)c1. The molecule has 216 valence electrons. The largest absolute Gasteiger partial charge is 0.379 e. The predicted octanol–water partition coefficient (Wildman–Crippen LogP) is 4.24. The van der Waals surface area contributed by atoms with Crippen LogP contribution in [-0.2, 0) is 22.5 Å². The zero-order valence-electron chi connectivity index (χ0n) is 24.1. The fraction of sp³-hybridized carbons (Fsp3) is 0.438. The summed E-state index contributed by atoms with van der Waals surface area (Å²) >= 11 is 0. The minimum atomic E-state index is -0.298. The predicted molar refractivity (Wildman–Crippen MR) is 161 cm³/mol. The molecule has 0 radical (unpaired) electrons. The van der Waals surface area contributed by atoms with Crippen molar-refractivity contribution < 1.29 is 14.3 Å². The molecular weight excluding hydrogens is 516 g/mol. The van der Waals surface area contributed by atoms with E-state index in [1.165, 1.54) is 24.8 Å². The molecule has 0 atom stereocenters. The molecule has 0 bridgehead atoms. The van der Waals surface area contributed by atoms with Gasteiger partial charge in [0.15, 0.2) is 0 Å². The van der Waals surface area contributed by atoms with E-state index in [9.17, 15) is 9.59 Å². The number of aryl methyl sites for hydroxylation is 1. The van der Waals surface area contributed by atoms with Gasteiger partial charge in [0.05, 0.1) is 43.4 Å². The Morgan fingerprint density at radius 1 is 1.00 bits per heavy atom. The van der Waals surface area contributed by atoms with E-state index in [1.54, 1.807) is 18.0 Å². The first-order valence-electron chi connectivity index (χ1n) is 14.7. The highest BCUT2D eigenvalue weighted by atomic mass is 16.5. The van der Waals surface area contributed by atoms with Crippen molar-refractivity contribution in [1.29, 1.82) is 0 Å². The van der Waals surface area contributed by atoms with Crippen LogP contribution in [0.25, 0.3) is 11.3 Å². The molecular formula is C32H40N6O3. The number of ether oxygens (including phenoxy) is 1. The molecule has 2 aliphatic rings. The Balaban J connectivity index is 1.32. The molecule has 2 aliphatic heterocycles. The van der Waals surface area contributed by atoms with Crippen LogP contribution in [0.2, 0.25) is 0 Å². The third-order valence-electron chi connectivity index (χ3n) is 7.81. The fourth-order valence-electron chi connectivity index (χ4n) is 5.33. The average molecular weight is 557 g/mol. The molecule has 0 aliphatic carbocycles. The molecule has 2 saturated heterocycles. The summed E-state index contributed by atoms with van der Waals surface area (Å²) in [6.45, 7) is 7.69. The number of aromatic nitrogens is 2. The molecule has 0 unspecified atom stereocenters. The number of likely N-dealkylation sites (N-methyl/N-ethyl adjacent to an activating group) is 1. The Bertz CT molecular complexity index is 1350. The van der Waals surface area contributed by atoms with E-state index in [2.05, 4.69) is 50.2 Å². The van der Waals surface area contributed by atoms with Gasteiger partial charge in [0.2, 0.25) is 5.91 Å². The van der Waals surface area contributed by atoms with Crippen LogP contribution in [0, 0.1) is 0 Å². The summed E-state index contributed by atoms with van der Waals surface area (Å²) in [5.41, 5.74) is 5.72. The van der Waals surface area contributed by atoms with E-state index < -0.39 is 0 Å². The van der Waals surface area contributed by atoms with Crippen LogP contribution in [-0.4, -0.2) is 84.6 Å². The monoisotopic (exact) mass is 556 g/mol. The van der Waals surface area contributed by atoms with Crippen molar-refractivity contribution in [1.82, 2.24) is 19.8 Å². The first-order chi connectivity index (χ1) is 20.0. The molecule has 2 fully saturated rings. The number of nitrogens with zero attached hydrogens (tertiary/aromatic N) is 5. The van der Waals surface area contributed by atoms with Crippen LogP contribution in [0.3, 0.4) is 0 Å². The Hall–Kier alpha value is -3.82. The maximum absolute atomic E-state index is 13.4. The highest BCUT2D eigenvalue weighted by Crippen LogP contribution is 2.33. The topological polar surface area (TPSA) is 90.9 Å². The summed E-state index contributed by atoms with van der Waals surface area (Å²) in [6, 6.07) is 15.7. The van der Waals surface area contributed by atoms with Crippen molar-refractivity contribution in [3.63, 3.8) is 0 Å². The van der Waals surface area contributed by atoms with E-state index in [-0.39, 0.29) is 11.8 Å². The first kappa shape index (κ1) is 28.7. The number of piperidine rings is 1. The van der Waals surface area contributed by atoms with E-state index >= 15 is 0 Å². The number of morpholine rings is 1. The van der Waals surface area contributed by atoms with Crippen molar-refractivity contribution in [2.45, 2.75) is 39.2 Å². The molecule has 2 aromatic heterocycles. The second-order valence-electron chi connectivity index (χ2n) is 10.8. The number of rotatable bonds is 9. The second kappa shape index (κ2) is 13.7. The molecule has 9 nitrogen and oxygen atoms in total. The smallest absolute Gasteiger partial charge is 0.274 e. The zero-order chi connectivity index (χ0) is 28.6. The Morgan fingerprint density at radius 3 is 2.59 bits per heavy atom. The lowest BCUT2D eigenvalue weighted by Gasteiger charge is -2.29. The van der Waals surface area contributed by atoms with E-state index in [0.717, 1.165) is 49.5 Å². The van der Waals surface area contributed by atoms with Crippen molar-refractivity contribution in [2.24, 2.45) is 0 Å². The number of anilines is 2. The van der Waals surface area contributed by atoms with Gasteiger partial charge in [-0.05, 0) is 73.7 Å². The maximum atomic E-state index is 13.4. The standard InChI is InChI=1S/C32H40N6O3/c1-3-24-12-13-33-30(20-24)27-21-26(38-14-5-4-6-15-38)10-11-28(27)35-32(40)29-9-7-8-25(34-29)22-36(2)31(39)23-37-16-18-41-19-17-37/h7-13,20-21H,3-6,14-19,22-23H2,1-2H3,(H,35,40). The summed E-state index contributed by atoms with van der Waals surface area (Å²) in [7, 11) is 1.77. The van der Waals surface area contributed by atoms with Gasteiger partial charge in [0.25, 0.3) is 5.91 Å². The molecule has 1 N–H and O–H groups in total.